The lowest BCUT2D eigenvalue weighted by atomic mass is 10.3. The van der Waals surface area contributed by atoms with Crippen molar-refractivity contribution >= 4 is 46.6 Å². The van der Waals surface area contributed by atoms with Gasteiger partial charge >= 0.3 is 0 Å². The number of hydrogen-bond acceptors (Lipinski definition) is 5. The molecule has 0 saturated heterocycles. The number of rotatable bonds is 4. The van der Waals surface area contributed by atoms with Gasteiger partial charge in [-0.25, -0.2) is 4.68 Å². The van der Waals surface area contributed by atoms with Crippen molar-refractivity contribution in [2.45, 2.75) is 18.4 Å². The highest BCUT2D eigenvalue weighted by Gasteiger charge is 2.28. The standard InChI is InChI=1S/C16H15ClN4O3S/c1-2-20-14(23)9-25-12-7-18-21(16(24)15(12)20)8-13(22)19-11-5-3-10(17)4-6-11/h3-7H,2,8-9H2,1H3,(H,19,22). The third-order valence-corrected chi connectivity index (χ3v) is 4.90. The second-order valence-electron chi connectivity index (χ2n) is 5.30. The first kappa shape index (κ1) is 17.5. The molecule has 0 unspecified atom stereocenters. The summed E-state index contributed by atoms with van der Waals surface area (Å²) in [6.45, 7) is 1.95. The number of thioether (sulfide) groups is 1. The zero-order valence-corrected chi connectivity index (χ0v) is 14.9. The van der Waals surface area contributed by atoms with Gasteiger partial charge in [0, 0.05) is 17.3 Å². The molecule has 0 bridgehead atoms. The van der Waals surface area contributed by atoms with Gasteiger partial charge in [0.2, 0.25) is 11.8 Å². The third kappa shape index (κ3) is 3.69. The quantitative estimate of drug-likeness (QED) is 0.879. The van der Waals surface area contributed by atoms with Gasteiger partial charge in [-0.05, 0) is 31.2 Å². The van der Waals surface area contributed by atoms with Crippen molar-refractivity contribution < 1.29 is 9.59 Å². The van der Waals surface area contributed by atoms with E-state index in [4.69, 9.17) is 11.6 Å². The minimum absolute atomic E-state index is 0.125. The first-order chi connectivity index (χ1) is 12.0. The molecule has 1 N–H and O–H groups in total. The molecule has 1 aliphatic rings. The molecule has 130 valence electrons. The molecule has 1 aromatic heterocycles. The zero-order chi connectivity index (χ0) is 18.0. The van der Waals surface area contributed by atoms with Gasteiger partial charge in [0.15, 0.2) is 0 Å². The molecule has 2 aromatic rings. The fourth-order valence-corrected chi connectivity index (χ4v) is 3.49. The largest absolute Gasteiger partial charge is 0.324 e. The summed E-state index contributed by atoms with van der Waals surface area (Å²) in [7, 11) is 0. The lowest BCUT2D eigenvalue weighted by Crippen LogP contribution is -2.42. The van der Waals surface area contributed by atoms with Crippen LogP contribution >= 0.6 is 23.4 Å². The van der Waals surface area contributed by atoms with Gasteiger partial charge in [-0.3, -0.25) is 14.4 Å². The van der Waals surface area contributed by atoms with Crippen LogP contribution in [0.4, 0.5) is 11.4 Å². The van der Waals surface area contributed by atoms with Crippen molar-refractivity contribution in [3.05, 3.63) is 45.8 Å². The summed E-state index contributed by atoms with van der Waals surface area (Å²) in [5.74, 6) is -0.238. The van der Waals surface area contributed by atoms with Gasteiger partial charge in [-0.1, -0.05) is 11.6 Å². The van der Waals surface area contributed by atoms with E-state index in [1.165, 1.54) is 22.9 Å². The van der Waals surface area contributed by atoms with Crippen molar-refractivity contribution in [3.8, 4) is 0 Å². The van der Waals surface area contributed by atoms with E-state index in [2.05, 4.69) is 10.4 Å². The van der Waals surface area contributed by atoms with Crippen molar-refractivity contribution in [2.24, 2.45) is 0 Å². The van der Waals surface area contributed by atoms with Crippen molar-refractivity contribution in [1.29, 1.82) is 0 Å². The first-order valence-corrected chi connectivity index (χ1v) is 8.94. The maximum Gasteiger partial charge on any atom is 0.292 e. The van der Waals surface area contributed by atoms with E-state index in [1.54, 1.807) is 31.2 Å². The summed E-state index contributed by atoms with van der Waals surface area (Å²) in [5, 5.41) is 7.28. The summed E-state index contributed by atoms with van der Waals surface area (Å²) in [6, 6.07) is 6.64. The average Bonchev–Trinajstić information content (AvgIpc) is 2.59. The SMILES string of the molecule is CCN1C(=O)CSc2cnn(CC(=O)Nc3ccc(Cl)cc3)c(=O)c21. The van der Waals surface area contributed by atoms with Crippen molar-refractivity contribution in [2.75, 3.05) is 22.5 Å². The van der Waals surface area contributed by atoms with Gasteiger partial charge < -0.3 is 10.2 Å². The predicted molar refractivity (Wildman–Crippen MR) is 97.3 cm³/mol. The first-order valence-electron chi connectivity index (χ1n) is 7.58. The van der Waals surface area contributed by atoms with Gasteiger partial charge in [0.1, 0.15) is 12.2 Å². The molecule has 7 nitrogen and oxygen atoms in total. The Labute approximate surface area is 153 Å². The molecule has 0 spiro atoms. The van der Waals surface area contributed by atoms with Crippen LogP contribution in [0, 0.1) is 0 Å². The van der Waals surface area contributed by atoms with E-state index < -0.39 is 11.5 Å². The van der Waals surface area contributed by atoms with E-state index in [1.807, 2.05) is 0 Å². The second-order valence-corrected chi connectivity index (χ2v) is 6.76. The Morgan fingerprint density at radius 3 is 2.72 bits per heavy atom. The zero-order valence-electron chi connectivity index (χ0n) is 13.4. The molecule has 2 amide bonds. The minimum atomic E-state index is -0.453. The van der Waals surface area contributed by atoms with Crippen LogP contribution in [0.1, 0.15) is 6.92 Å². The van der Waals surface area contributed by atoms with Crippen LogP contribution in [-0.2, 0) is 16.1 Å². The van der Waals surface area contributed by atoms with Crippen LogP contribution in [0.25, 0.3) is 0 Å². The number of carbonyl (C=O) groups is 2. The van der Waals surface area contributed by atoms with E-state index in [-0.39, 0.29) is 23.9 Å². The molecule has 1 aliphatic heterocycles. The summed E-state index contributed by atoms with van der Waals surface area (Å²) in [5.41, 5.74) is 0.408. The Hall–Kier alpha value is -2.32. The maximum atomic E-state index is 12.7. The van der Waals surface area contributed by atoms with Crippen LogP contribution < -0.4 is 15.8 Å². The van der Waals surface area contributed by atoms with Crippen LogP contribution in [0.15, 0.2) is 40.2 Å². The fraction of sp³-hybridized carbons (Fsp3) is 0.250. The van der Waals surface area contributed by atoms with Crippen LogP contribution in [0.5, 0.6) is 0 Å². The number of amides is 2. The highest BCUT2D eigenvalue weighted by atomic mass is 35.5. The lowest BCUT2D eigenvalue weighted by molar-refractivity contribution is -0.117. The summed E-state index contributed by atoms with van der Waals surface area (Å²) < 4.78 is 1.06. The predicted octanol–water partition coefficient (Wildman–Crippen LogP) is 1.99. The number of aromatic nitrogens is 2. The number of anilines is 2. The Morgan fingerprint density at radius 1 is 1.32 bits per heavy atom. The molecule has 0 fully saturated rings. The van der Waals surface area contributed by atoms with Crippen molar-refractivity contribution in [1.82, 2.24) is 9.78 Å². The molecule has 0 saturated carbocycles. The topological polar surface area (TPSA) is 84.3 Å². The number of carbonyl (C=O) groups excluding carboxylic acids is 2. The van der Waals surface area contributed by atoms with Crippen LogP contribution in [0.2, 0.25) is 5.02 Å². The summed E-state index contributed by atoms with van der Waals surface area (Å²) in [4.78, 5) is 38.9. The Balaban J connectivity index is 1.82. The molecular weight excluding hydrogens is 364 g/mol. The number of fused-ring (bicyclic) bond motifs is 1. The third-order valence-electron chi connectivity index (χ3n) is 3.64. The average molecular weight is 379 g/mol. The molecular formula is C16H15ClN4O3S. The van der Waals surface area contributed by atoms with Gasteiger partial charge in [0.05, 0.1) is 16.8 Å². The molecule has 3 rings (SSSR count). The normalized spacial score (nSPS) is 13.5. The monoisotopic (exact) mass is 378 g/mol. The number of halogens is 1. The Kier molecular flexibility index (Phi) is 5.10. The highest BCUT2D eigenvalue weighted by Crippen LogP contribution is 2.31. The molecule has 25 heavy (non-hydrogen) atoms. The summed E-state index contributed by atoms with van der Waals surface area (Å²) in [6.07, 6.45) is 1.52. The number of benzene rings is 1. The van der Waals surface area contributed by atoms with Crippen molar-refractivity contribution in [3.63, 3.8) is 0 Å². The van der Waals surface area contributed by atoms with Gasteiger partial charge in [-0.2, -0.15) is 5.10 Å². The number of nitrogens with zero attached hydrogens (tertiary/aromatic N) is 3. The maximum absolute atomic E-state index is 12.7. The fourth-order valence-electron chi connectivity index (χ4n) is 2.48. The second kappa shape index (κ2) is 7.28. The Morgan fingerprint density at radius 2 is 2.04 bits per heavy atom. The highest BCUT2D eigenvalue weighted by molar-refractivity contribution is 8.00. The van der Waals surface area contributed by atoms with E-state index >= 15 is 0 Å². The van der Waals surface area contributed by atoms with E-state index in [0.29, 0.717) is 22.2 Å². The smallest absolute Gasteiger partial charge is 0.292 e. The van der Waals surface area contributed by atoms with Crippen LogP contribution in [0.3, 0.4) is 0 Å². The molecule has 2 heterocycles. The Bertz CT molecular complexity index is 882. The van der Waals surface area contributed by atoms with Crippen LogP contribution in [-0.4, -0.2) is 33.9 Å². The molecule has 1 aromatic carbocycles. The molecule has 0 atom stereocenters. The molecule has 9 heteroatoms. The minimum Gasteiger partial charge on any atom is -0.324 e. The summed E-state index contributed by atoms with van der Waals surface area (Å²) >= 11 is 7.08. The van der Waals surface area contributed by atoms with E-state index in [9.17, 15) is 14.4 Å². The van der Waals surface area contributed by atoms with E-state index in [0.717, 1.165) is 4.68 Å². The number of hydrogen-bond donors (Lipinski definition) is 1. The molecule has 0 radical (unpaired) electrons. The molecule has 0 aliphatic carbocycles. The van der Waals surface area contributed by atoms with Gasteiger partial charge in [0.25, 0.3) is 5.56 Å². The lowest BCUT2D eigenvalue weighted by Gasteiger charge is -2.26. The number of nitrogens with one attached hydrogen (secondary N) is 1. The van der Waals surface area contributed by atoms with Gasteiger partial charge in [-0.15, -0.1) is 11.8 Å².